The lowest BCUT2D eigenvalue weighted by molar-refractivity contribution is 0.102. The van der Waals surface area contributed by atoms with Crippen LogP contribution >= 0.6 is 0 Å². The van der Waals surface area contributed by atoms with Crippen molar-refractivity contribution in [2.75, 3.05) is 36.4 Å². The summed E-state index contributed by atoms with van der Waals surface area (Å²) in [6.45, 7) is 3.66. The Morgan fingerprint density at radius 2 is 1.61 bits per heavy atom. The Kier molecular flexibility index (Phi) is 6.76. The molecule has 0 radical (unpaired) electrons. The number of aryl methyl sites for hydroxylation is 1. The highest BCUT2D eigenvalue weighted by Gasteiger charge is 2.30. The topological polar surface area (TPSA) is 69.7 Å². The number of carbonyl (C=O) groups is 1. The van der Waals surface area contributed by atoms with Crippen molar-refractivity contribution in [3.8, 4) is 0 Å². The van der Waals surface area contributed by atoms with Crippen LogP contribution in [0.2, 0.25) is 0 Å². The second-order valence-electron chi connectivity index (χ2n) is 7.83. The monoisotopic (exact) mass is 467 g/mol. The van der Waals surface area contributed by atoms with Gasteiger partial charge in [0.05, 0.1) is 10.5 Å². The maximum Gasteiger partial charge on any atom is 0.258 e. The molecule has 4 rings (SSSR count). The second-order valence-corrected chi connectivity index (χ2v) is 9.77. The summed E-state index contributed by atoms with van der Waals surface area (Å²) in [6, 6.07) is 20.4. The highest BCUT2D eigenvalue weighted by Crippen LogP contribution is 2.24. The Labute approximate surface area is 193 Å². The van der Waals surface area contributed by atoms with Crippen molar-refractivity contribution in [2.24, 2.45) is 0 Å². The van der Waals surface area contributed by atoms with Crippen LogP contribution in [0.5, 0.6) is 0 Å². The SMILES string of the molecule is CCc1ccccc1NC(=O)c1cc(S(=O)(=O)N2CCN(c3ccccc3)CC2)ccc1F. The minimum absolute atomic E-state index is 0.0917. The van der Waals surface area contributed by atoms with Crippen LogP contribution in [0.1, 0.15) is 22.8 Å². The number of hydrogen-bond donors (Lipinski definition) is 1. The average molecular weight is 468 g/mol. The van der Waals surface area contributed by atoms with Crippen molar-refractivity contribution in [2.45, 2.75) is 18.2 Å². The molecule has 0 aliphatic carbocycles. The van der Waals surface area contributed by atoms with Gasteiger partial charge in [0, 0.05) is 37.6 Å². The zero-order chi connectivity index (χ0) is 23.4. The normalized spacial score (nSPS) is 14.8. The summed E-state index contributed by atoms with van der Waals surface area (Å²) in [6.07, 6.45) is 0.697. The number of benzene rings is 3. The number of para-hydroxylation sites is 2. The van der Waals surface area contributed by atoms with Crippen LogP contribution in [0.4, 0.5) is 15.8 Å². The number of piperazine rings is 1. The molecule has 1 heterocycles. The molecule has 1 amide bonds. The molecule has 1 aliphatic rings. The van der Waals surface area contributed by atoms with Crippen LogP contribution in [-0.4, -0.2) is 44.8 Å². The standard InChI is InChI=1S/C25H26FN3O3S/c1-2-19-8-6-7-11-24(19)27-25(30)22-18-21(12-13-23(22)26)33(31,32)29-16-14-28(15-17-29)20-9-4-3-5-10-20/h3-13,18H,2,14-17H2,1H3,(H,27,30). The van der Waals surface area contributed by atoms with Crippen molar-refractivity contribution < 1.29 is 17.6 Å². The van der Waals surface area contributed by atoms with E-state index in [-0.39, 0.29) is 10.5 Å². The number of nitrogens with one attached hydrogen (secondary N) is 1. The van der Waals surface area contributed by atoms with E-state index in [0.29, 0.717) is 38.3 Å². The van der Waals surface area contributed by atoms with E-state index in [1.807, 2.05) is 49.4 Å². The number of carbonyl (C=O) groups excluding carboxylic acids is 1. The number of rotatable bonds is 6. The van der Waals surface area contributed by atoms with Crippen molar-refractivity contribution in [3.05, 3.63) is 89.7 Å². The molecule has 0 unspecified atom stereocenters. The van der Waals surface area contributed by atoms with Crippen molar-refractivity contribution in [3.63, 3.8) is 0 Å². The number of sulfonamides is 1. The quantitative estimate of drug-likeness (QED) is 0.591. The molecule has 0 bridgehead atoms. The molecule has 1 aliphatic heterocycles. The third-order valence-corrected chi connectivity index (χ3v) is 7.72. The summed E-state index contributed by atoms with van der Waals surface area (Å²) in [4.78, 5) is 14.8. The molecule has 33 heavy (non-hydrogen) atoms. The van der Waals surface area contributed by atoms with Gasteiger partial charge in [0.15, 0.2) is 0 Å². The number of nitrogens with zero attached hydrogens (tertiary/aromatic N) is 2. The van der Waals surface area contributed by atoms with Gasteiger partial charge in [-0.2, -0.15) is 4.31 Å². The first-order chi connectivity index (χ1) is 15.9. The number of halogens is 1. The third kappa shape index (κ3) is 4.91. The minimum Gasteiger partial charge on any atom is -0.369 e. The first kappa shape index (κ1) is 22.9. The number of hydrogen-bond acceptors (Lipinski definition) is 4. The first-order valence-corrected chi connectivity index (χ1v) is 12.3. The molecule has 0 saturated carbocycles. The molecule has 8 heteroatoms. The molecular formula is C25H26FN3O3S. The third-order valence-electron chi connectivity index (χ3n) is 5.83. The maximum absolute atomic E-state index is 14.5. The van der Waals surface area contributed by atoms with Gasteiger partial charge in [0.25, 0.3) is 5.91 Å². The summed E-state index contributed by atoms with van der Waals surface area (Å²) in [5.41, 5.74) is 2.23. The predicted molar refractivity (Wildman–Crippen MR) is 128 cm³/mol. The molecule has 1 fully saturated rings. The summed E-state index contributed by atoms with van der Waals surface area (Å²) < 4.78 is 42.3. The van der Waals surface area contributed by atoms with E-state index in [9.17, 15) is 17.6 Å². The van der Waals surface area contributed by atoms with Gasteiger partial charge >= 0.3 is 0 Å². The fourth-order valence-corrected chi connectivity index (χ4v) is 5.40. The second kappa shape index (κ2) is 9.72. The van der Waals surface area contributed by atoms with Gasteiger partial charge in [0.1, 0.15) is 5.82 Å². The molecule has 172 valence electrons. The van der Waals surface area contributed by atoms with Crippen LogP contribution in [0.25, 0.3) is 0 Å². The molecule has 0 spiro atoms. The molecule has 3 aromatic carbocycles. The highest BCUT2D eigenvalue weighted by molar-refractivity contribution is 7.89. The molecular weight excluding hydrogens is 441 g/mol. The maximum atomic E-state index is 14.5. The lowest BCUT2D eigenvalue weighted by atomic mass is 10.1. The number of anilines is 2. The van der Waals surface area contributed by atoms with E-state index in [0.717, 1.165) is 23.4 Å². The largest absolute Gasteiger partial charge is 0.369 e. The average Bonchev–Trinajstić information content (AvgIpc) is 2.85. The van der Waals surface area contributed by atoms with Crippen LogP contribution < -0.4 is 10.2 Å². The summed E-state index contributed by atoms with van der Waals surface area (Å²) in [5.74, 6) is -1.45. The van der Waals surface area contributed by atoms with Gasteiger partial charge in [0.2, 0.25) is 10.0 Å². The molecule has 3 aromatic rings. The summed E-state index contributed by atoms with van der Waals surface area (Å²) >= 11 is 0. The molecule has 1 saturated heterocycles. The van der Waals surface area contributed by atoms with Gasteiger partial charge in [-0.3, -0.25) is 4.79 Å². The van der Waals surface area contributed by atoms with E-state index >= 15 is 0 Å². The molecule has 6 nitrogen and oxygen atoms in total. The molecule has 1 N–H and O–H groups in total. The predicted octanol–water partition coefficient (Wildman–Crippen LogP) is 4.15. The van der Waals surface area contributed by atoms with E-state index in [4.69, 9.17) is 0 Å². The Morgan fingerprint density at radius 1 is 0.939 bits per heavy atom. The van der Waals surface area contributed by atoms with Crippen molar-refractivity contribution >= 4 is 27.3 Å². The van der Waals surface area contributed by atoms with Crippen LogP contribution in [-0.2, 0) is 16.4 Å². The van der Waals surface area contributed by atoms with Crippen LogP contribution in [0.3, 0.4) is 0 Å². The highest BCUT2D eigenvalue weighted by atomic mass is 32.2. The van der Waals surface area contributed by atoms with E-state index in [2.05, 4.69) is 10.2 Å². The smallest absolute Gasteiger partial charge is 0.258 e. The van der Waals surface area contributed by atoms with Gasteiger partial charge in [-0.25, -0.2) is 12.8 Å². The van der Waals surface area contributed by atoms with E-state index < -0.39 is 21.7 Å². The van der Waals surface area contributed by atoms with Gasteiger partial charge in [-0.05, 0) is 48.4 Å². The van der Waals surface area contributed by atoms with Gasteiger partial charge < -0.3 is 10.2 Å². The minimum atomic E-state index is -3.87. The Bertz CT molecular complexity index is 1240. The van der Waals surface area contributed by atoms with Crippen LogP contribution in [0.15, 0.2) is 77.7 Å². The van der Waals surface area contributed by atoms with Crippen LogP contribution in [0, 0.1) is 5.82 Å². The number of amides is 1. The van der Waals surface area contributed by atoms with E-state index in [1.54, 1.807) is 12.1 Å². The zero-order valence-electron chi connectivity index (χ0n) is 18.4. The fourth-order valence-electron chi connectivity index (χ4n) is 3.95. The summed E-state index contributed by atoms with van der Waals surface area (Å²) in [5, 5.41) is 2.71. The zero-order valence-corrected chi connectivity index (χ0v) is 19.2. The summed E-state index contributed by atoms with van der Waals surface area (Å²) in [7, 11) is -3.87. The Hall–Kier alpha value is -3.23. The molecule has 0 atom stereocenters. The molecule has 0 aromatic heterocycles. The first-order valence-electron chi connectivity index (χ1n) is 10.9. The van der Waals surface area contributed by atoms with E-state index in [1.165, 1.54) is 10.4 Å². The fraction of sp³-hybridized carbons (Fsp3) is 0.240. The lowest BCUT2D eigenvalue weighted by Crippen LogP contribution is -2.48. The Morgan fingerprint density at radius 3 is 2.30 bits per heavy atom. The Balaban J connectivity index is 1.52. The van der Waals surface area contributed by atoms with Crippen molar-refractivity contribution in [1.29, 1.82) is 0 Å². The lowest BCUT2D eigenvalue weighted by Gasteiger charge is -2.35. The van der Waals surface area contributed by atoms with Crippen molar-refractivity contribution in [1.82, 2.24) is 4.31 Å². The van der Waals surface area contributed by atoms with Gasteiger partial charge in [-0.15, -0.1) is 0 Å². The van der Waals surface area contributed by atoms with Gasteiger partial charge in [-0.1, -0.05) is 43.3 Å².